The predicted octanol–water partition coefficient (Wildman–Crippen LogP) is -0.111. The first-order valence-electron chi connectivity index (χ1n) is 8.45. The smallest absolute Gasteiger partial charge is 0.314 e. The van der Waals surface area contributed by atoms with Gasteiger partial charge in [0.1, 0.15) is 0 Å². The Kier molecular flexibility index (Phi) is 5.39. The minimum atomic E-state index is -4.18. The van der Waals surface area contributed by atoms with E-state index < -0.39 is 36.6 Å². The molecule has 0 unspecified atom stereocenters. The highest BCUT2D eigenvalue weighted by Crippen LogP contribution is 2.27. The van der Waals surface area contributed by atoms with Crippen LogP contribution in [0.2, 0.25) is 0 Å². The van der Waals surface area contributed by atoms with E-state index in [9.17, 15) is 28.1 Å². The number of sulfonamides is 1. The number of H-pyrrole nitrogens is 2. The summed E-state index contributed by atoms with van der Waals surface area (Å²) in [5.74, 6) is 0. The van der Waals surface area contributed by atoms with Gasteiger partial charge < -0.3 is 14.9 Å². The van der Waals surface area contributed by atoms with Crippen LogP contribution in [0.15, 0.2) is 26.6 Å². The van der Waals surface area contributed by atoms with E-state index in [1.54, 1.807) is 0 Å². The van der Waals surface area contributed by atoms with Crippen LogP contribution < -0.4 is 15.8 Å². The van der Waals surface area contributed by atoms with E-state index in [4.69, 9.17) is 0 Å². The summed E-state index contributed by atoms with van der Waals surface area (Å²) in [5.41, 5.74) is -2.68. The fraction of sp³-hybridized carbons (Fsp3) is 0.467. The van der Waals surface area contributed by atoms with Crippen LogP contribution >= 0.6 is 0 Å². The van der Waals surface area contributed by atoms with Crippen molar-refractivity contribution >= 4 is 26.7 Å². The number of aromatic amines is 2. The summed E-state index contributed by atoms with van der Waals surface area (Å²) in [6, 6.07) is 1.90. The molecule has 1 fully saturated rings. The number of benzene rings is 1. The Morgan fingerprint density at radius 3 is 2.26 bits per heavy atom. The summed E-state index contributed by atoms with van der Waals surface area (Å²) in [6.07, 6.45) is 3.29. The third-order valence-electron chi connectivity index (χ3n) is 4.46. The van der Waals surface area contributed by atoms with Crippen LogP contribution in [0.3, 0.4) is 0 Å². The molecule has 0 saturated carbocycles. The Labute approximate surface area is 153 Å². The number of piperidine rings is 1. The van der Waals surface area contributed by atoms with Gasteiger partial charge >= 0.3 is 11.1 Å². The summed E-state index contributed by atoms with van der Waals surface area (Å²) in [5, 5.41) is 11.3. The van der Waals surface area contributed by atoms with Crippen molar-refractivity contribution in [2.45, 2.75) is 24.2 Å². The largest absolute Gasteiger partial charge is 0.316 e. The molecule has 0 bridgehead atoms. The van der Waals surface area contributed by atoms with E-state index >= 15 is 0 Å². The zero-order valence-corrected chi connectivity index (χ0v) is 15.2. The topological polar surface area (TPSA) is 158 Å². The normalized spacial score (nSPS) is 15.9. The number of nitro groups is 1. The highest BCUT2D eigenvalue weighted by Gasteiger charge is 2.27. The van der Waals surface area contributed by atoms with Gasteiger partial charge in [-0.1, -0.05) is 6.42 Å². The Balaban J connectivity index is 1.91. The SMILES string of the molecule is O=c1[nH]c2cc([N+](=O)[O-])c(S(=O)(=O)NCCN3CCCCC3)cc2[nH]c1=O. The lowest BCUT2D eigenvalue weighted by molar-refractivity contribution is -0.387. The second kappa shape index (κ2) is 7.58. The van der Waals surface area contributed by atoms with Gasteiger partial charge in [0.05, 0.1) is 16.0 Å². The van der Waals surface area contributed by atoms with E-state index in [1.807, 2.05) is 0 Å². The van der Waals surface area contributed by atoms with Crippen molar-refractivity contribution in [2.75, 3.05) is 26.2 Å². The van der Waals surface area contributed by atoms with Crippen LogP contribution in [0.25, 0.3) is 11.0 Å². The van der Waals surface area contributed by atoms with Gasteiger partial charge in [-0.3, -0.25) is 19.7 Å². The maximum atomic E-state index is 12.6. The Bertz CT molecular complexity index is 1080. The van der Waals surface area contributed by atoms with Crippen LogP contribution in [0.5, 0.6) is 0 Å². The van der Waals surface area contributed by atoms with Crippen LogP contribution in [0.4, 0.5) is 5.69 Å². The lowest BCUT2D eigenvalue weighted by Gasteiger charge is -2.26. The molecule has 11 nitrogen and oxygen atoms in total. The first-order valence-corrected chi connectivity index (χ1v) is 9.93. The van der Waals surface area contributed by atoms with Crippen molar-refractivity contribution in [3.8, 4) is 0 Å². The van der Waals surface area contributed by atoms with Gasteiger partial charge in [0, 0.05) is 19.2 Å². The maximum absolute atomic E-state index is 12.6. The number of likely N-dealkylation sites (tertiary alicyclic amines) is 1. The van der Waals surface area contributed by atoms with Crippen LogP contribution in [-0.4, -0.2) is 54.4 Å². The molecule has 0 aliphatic carbocycles. The zero-order valence-electron chi connectivity index (χ0n) is 14.4. The summed E-state index contributed by atoms with van der Waals surface area (Å²) in [4.78, 5) is 39.3. The number of nitrogens with zero attached hydrogens (tertiary/aromatic N) is 2. The van der Waals surface area contributed by atoms with E-state index in [0.29, 0.717) is 6.54 Å². The van der Waals surface area contributed by atoms with Gasteiger partial charge in [0.15, 0.2) is 4.90 Å². The number of fused-ring (bicyclic) bond motifs is 1. The number of hydrogen-bond donors (Lipinski definition) is 3. The van der Waals surface area contributed by atoms with Crippen molar-refractivity contribution in [2.24, 2.45) is 0 Å². The first kappa shape index (κ1) is 19.2. The molecule has 0 spiro atoms. The summed E-state index contributed by atoms with van der Waals surface area (Å²) in [7, 11) is -4.18. The fourth-order valence-electron chi connectivity index (χ4n) is 3.09. The average molecular weight is 397 g/mol. The van der Waals surface area contributed by atoms with Crippen LogP contribution in [0, 0.1) is 10.1 Å². The van der Waals surface area contributed by atoms with Gasteiger partial charge in [0.25, 0.3) is 5.69 Å². The number of aromatic nitrogens is 2. The van der Waals surface area contributed by atoms with Crippen LogP contribution in [-0.2, 0) is 10.0 Å². The van der Waals surface area contributed by atoms with Crippen LogP contribution in [0.1, 0.15) is 19.3 Å². The molecule has 1 aliphatic rings. The van der Waals surface area contributed by atoms with Crippen molar-refractivity contribution in [3.05, 3.63) is 43.0 Å². The molecule has 0 radical (unpaired) electrons. The predicted molar refractivity (Wildman–Crippen MR) is 97.3 cm³/mol. The quantitative estimate of drug-likeness (QED) is 0.348. The van der Waals surface area contributed by atoms with E-state index in [-0.39, 0.29) is 17.6 Å². The molecule has 1 aliphatic heterocycles. The van der Waals surface area contributed by atoms with E-state index in [2.05, 4.69) is 19.6 Å². The molecule has 1 aromatic carbocycles. The first-order chi connectivity index (χ1) is 12.8. The molecule has 27 heavy (non-hydrogen) atoms. The molecule has 1 saturated heterocycles. The Morgan fingerprint density at radius 1 is 1.07 bits per heavy atom. The molecule has 1 aromatic heterocycles. The van der Waals surface area contributed by atoms with Gasteiger partial charge in [-0.05, 0) is 32.0 Å². The monoisotopic (exact) mass is 397 g/mol. The highest BCUT2D eigenvalue weighted by molar-refractivity contribution is 7.89. The molecule has 0 amide bonds. The third-order valence-corrected chi connectivity index (χ3v) is 5.95. The van der Waals surface area contributed by atoms with Crippen molar-refractivity contribution in [1.82, 2.24) is 19.6 Å². The second-order valence-corrected chi connectivity index (χ2v) is 8.07. The lowest BCUT2D eigenvalue weighted by Crippen LogP contribution is -2.37. The average Bonchev–Trinajstić information content (AvgIpc) is 2.62. The third kappa shape index (κ3) is 4.23. The van der Waals surface area contributed by atoms with Gasteiger partial charge in [-0.25, -0.2) is 13.1 Å². The molecule has 3 N–H and O–H groups in total. The standard InChI is InChI=1S/C15H19N5O6S/c21-14-15(22)18-11-9-13(12(20(23)24)8-10(11)17-14)27(25,26)16-4-7-19-5-2-1-3-6-19/h8-9,16H,1-7H2,(H,17,21)(H,18,22). The number of nitrogens with one attached hydrogen (secondary N) is 3. The minimum absolute atomic E-state index is 0.0124. The molecular formula is C15H19N5O6S. The molecule has 0 atom stereocenters. The molecule has 146 valence electrons. The van der Waals surface area contributed by atoms with Gasteiger partial charge in [-0.15, -0.1) is 0 Å². The zero-order chi connectivity index (χ0) is 19.6. The molecule has 2 heterocycles. The maximum Gasteiger partial charge on any atom is 0.314 e. The van der Waals surface area contributed by atoms with Gasteiger partial charge in [0.2, 0.25) is 10.0 Å². The Hall–Kier alpha value is -2.57. The van der Waals surface area contributed by atoms with Gasteiger partial charge in [-0.2, -0.15) is 0 Å². The summed E-state index contributed by atoms with van der Waals surface area (Å²) >= 11 is 0. The summed E-state index contributed by atoms with van der Waals surface area (Å²) < 4.78 is 27.6. The molecule has 2 aromatic rings. The van der Waals surface area contributed by atoms with Crippen molar-refractivity contribution in [1.29, 1.82) is 0 Å². The number of hydrogen-bond acceptors (Lipinski definition) is 7. The second-order valence-electron chi connectivity index (χ2n) is 6.33. The molecule has 12 heteroatoms. The lowest BCUT2D eigenvalue weighted by atomic mass is 10.1. The van der Waals surface area contributed by atoms with E-state index in [0.717, 1.165) is 44.5 Å². The molecule has 3 rings (SSSR count). The van der Waals surface area contributed by atoms with E-state index in [1.165, 1.54) is 0 Å². The fourth-order valence-corrected chi connectivity index (χ4v) is 4.29. The highest BCUT2D eigenvalue weighted by atomic mass is 32.2. The Morgan fingerprint density at radius 2 is 1.67 bits per heavy atom. The minimum Gasteiger partial charge on any atom is -0.316 e. The molecular weight excluding hydrogens is 378 g/mol. The van der Waals surface area contributed by atoms with Crippen molar-refractivity contribution in [3.63, 3.8) is 0 Å². The van der Waals surface area contributed by atoms with Crippen molar-refractivity contribution < 1.29 is 13.3 Å². The number of nitro benzene ring substituents is 1. The number of rotatable bonds is 6. The summed E-state index contributed by atoms with van der Waals surface area (Å²) in [6.45, 7) is 2.41.